The molecule has 0 amide bonds. The maximum absolute atomic E-state index is 13.2. The number of carbonyl (C=O) groups is 1. The molecular formula is C22H19NOS. The van der Waals surface area contributed by atoms with Crippen molar-refractivity contribution in [1.29, 1.82) is 0 Å². The number of benzene rings is 2. The second-order valence-electron chi connectivity index (χ2n) is 6.99. The minimum absolute atomic E-state index is 0.0932. The lowest BCUT2D eigenvalue weighted by Crippen LogP contribution is -2.09. The molecule has 0 bridgehead atoms. The van der Waals surface area contributed by atoms with Crippen molar-refractivity contribution in [2.24, 2.45) is 0 Å². The van der Waals surface area contributed by atoms with Gasteiger partial charge in [-0.3, -0.25) is 4.79 Å². The Kier molecular flexibility index (Phi) is 3.32. The van der Waals surface area contributed by atoms with Gasteiger partial charge in [0.15, 0.2) is 5.78 Å². The van der Waals surface area contributed by atoms with E-state index in [9.17, 15) is 4.79 Å². The highest BCUT2D eigenvalue weighted by Crippen LogP contribution is 2.40. The van der Waals surface area contributed by atoms with Crippen LogP contribution in [0.2, 0.25) is 0 Å². The number of fused-ring (bicyclic) bond motifs is 4. The predicted octanol–water partition coefficient (Wildman–Crippen LogP) is 5.01. The summed E-state index contributed by atoms with van der Waals surface area (Å²) >= 11 is 1.61. The molecule has 0 fully saturated rings. The Morgan fingerprint density at radius 3 is 2.68 bits per heavy atom. The van der Waals surface area contributed by atoms with Crippen LogP contribution in [0.3, 0.4) is 0 Å². The van der Waals surface area contributed by atoms with E-state index in [1.54, 1.807) is 11.3 Å². The average molecular weight is 345 g/mol. The zero-order chi connectivity index (χ0) is 17.0. The molecule has 124 valence electrons. The molecule has 0 aliphatic heterocycles. The SMILES string of the molecule is Nc1sc2c(c1C(=O)c1ccc3c(c1)Cc1ccccc1-3)CCCC2. The number of thiophene rings is 1. The molecule has 2 nitrogen and oxygen atoms in total. The Morgan fingerprint density at radius 2 is 1.76 bits per heavy atom. The maximum Gasteiger partial charge on any atom is 0.196 e. The number of hydrogen-bond acceptors (Lipinski definition) is 3. The summed E-state index contributed by atoms with van der Waals surface area (Å²) in [6.07, 6.45) is 5.32. The molecular weight excluding hydrogens is 326 g/mol. The van der Waals surface area contributed by atoms with Gasteiger partial charge in [-0.2, -0.15) is 0 Å². The van der Waals surface area contributed by atoms with E-state index in [4.69, 9.17) is 5.73 Å². The quantitative estimate of drug-likeness (QED) is 0.519. The van der Waals surface area contributed by atoms with E-state index < -0.39 is 0 Å². The van der Waals surface area contributed by atoms with E-state index >= 15 is 0 Å². The number of aryl methyl sites for hydroxylation is 1. The molecule has 2 N–H and O–H groups in total. The van der Waals surface area contributed by atoms with Crippen molar-refractivity contribution < 1.29 is 4.79 Å². The molecule has 0 radical (unpaired) electrons. The normalized spacial score (nSPS) is 14.7. The average Bonchev–Trinajstić information content (AvgIpc) is 3.17. The number of rotatable bonds is 2. The number of hydrogen-bond donors (Lipinski definition) is 1. The summed E-state index contributed by atoms with van der Waals surface area (Å²) in [5, 5.41) is 0.695. The van der Waals surface area contributed by atoms with E-state index in [1.165, 1.54) is 39.1 Å². The summed E-state index contributed by atoms with van der Waals surface area (Å²) in [7, 11) is 0. The number of nitrogens with two attached hydrogens (primary N) is 1. The van der Waals surface area contributed by atoms with Gasteiger partial charge in [0.25, 0.3) is 0 Å². The molecule has 25 heavy (non-hydrogen) atoms. The minimum Gasteiger partial charge on any atom is -0.390 e. The van der Waals surface area contributed by atoms with Gasteiger partial charge >= 0.3 is 0 Å². The lowest BCUT2D eigenvalue weighted by Gasteiger charge is -2.12. The van der Waals surface area contributed by atoms with Gasteiger partial charge in [-0.1, -0.05) is 36.4 Å². The maximum atomic E-state index is 13.2. The van der Waals surface area contributed by atoms with Crippen molar-refractivity contribution in [3.05, 3.63) is 75.2 Å². The molecule has 1 heterocycles. The monoisotopic (exact) mass is 345 g/mol. The Labute approximate surface area is 151 Å². The first-order valence-corrected chi connectivity index (χ1v) is 9.70. The highest BCUT2D eigenvalue weighted by molar-refractivity contribution is 7.16. The van der Waals surface area contributed by atoms with E-state index in [0.717, 1.165) is 36.8 Å². The highest BCUT2D eigenvalue weighted by atomic mass is 32.1. The molecule has 5 rings (SSSR count). The van der Waals surface area contributed by atoms with Gasteiger partial charge in [0.05, 0.1) is 10.6 Å². The molecule has 3 aromatic rings. The smallest absolute Gasteiger partial charge is 0.196 e. The van der Waals surface area contributed by atoms with E-state index in [0.29, 0.717) is 5.00 Å². The summed E-state index contributed by atoms with van der Waals surface area (Å²) in [6.45, 7) is 0. The second-order valence-corrected chi connectivity index (χ2v) is 8.12. The molecule has 2 aromatic carbocycles. The molecule has 0 unspecified atom stereocenters. The van der Waals surface area contributed by atoms with Crippen LogP contribution < -0.4 is 5.73 Å². The van der Waals surface area contributed by atoms with Crippen molar-refractivity contribution in [2.75, 3.05) is 5.73 Å². The van der Waals surface area contributed by atoms with E-state index in [2.05, 4.69) is 36.4 Å². The minimum atomic E-state index is 0.0932. The van der Waals surface area contributed by atoms with Crippen LogP contribution >= 0.6 is 11.3 Å². The van der Waals surface area contributed by atoms with Crippen molar-refractivity contribution in [3.63, 3.8) is 0 Å². The molecule has 1 aromatic heterocycles. The zero-order valence-corrected chi connectivity index (χ0v) is 14.8. The molecule has 2 aliphatic rings. The van der Waals surface area contributed by atoms with Crippen LogP contribution in [-0.2, 0) is 19.3 Å². The molecule has 3 heteroatoms. The third-order valence-electron chi connectivity index (χ3n) is 5.48. The molecule has 0 saturated heterocycles. The zero-order valence-electron chi connectivity index (χ0n) is 14.0. The first kappa shape index (κ1) is 14.9. The fraction of sp³-hybridized carbons (Fsp3) is 0.227. The summed E-state index contributed by atoms with van der Waals surface area (Å²) in [5.74, 6) is 0.0932. The van der Waals surface area contributed by atoms with Gasteiger partial charge < -0.3 is 5.73 Å². The molecule has 0 atom stereocenters. The fourth-order valence-corrected chi connectivity index (χ4v) is 5.42. The van der Waals surface area contributed by atoms with Crippen LogP contribution in [0.25, 0.3) is 11.1 Å². The van der Waals surface area contributed by atoms with Gasteiger partial charge in [0, 0.05) is 10.4 Å². The van der Waals surface area contributed by atoms with Gasteiger partial charge in [-0.15, -0.1) is 11.3 Å². The first-order chi connectivity index (χ1) is 12.2. The summed E-state index contributed by atoms with van der Waals surface area (Å²) in [4.78, 5) is 14.5. The topological polar surface area (TPSA) is 43.1 Å². The number of anilines is 1. The van der Waals surface area contributed by atoms with Gasteiger partial charge in [0.2, 0.25) is 0 Å². The van der Waals surface area contributed by atoms with Crippen LogP contribution in [0.15, 0.2) is 42.5 Å². The van der Waals surface area contributed by atoms with Crippen LogP contribution in [0.5, 0.6) is 0 Å². The number of ketones is 1. The van der Waals surface area contributed by atoms with Gasteiger partial charge in [-0.05, 0) is 66.0 Å². The summed E-state index contributed by atoms with van der Waals surface area (Å²) in [5.41, 5.74) is 14.1. The van der Waals surface area contributed by atoms with Crippen molar-refractivity contribution in [2.45, 2.75) is 32.1 Å². The Bertz CT molecular complexity index is 1010. The van der Waals surface area contributed by atoms with Crippen molar-refractivity contribution in [3.8, 4) is 11.1 Å². The largest absolute Gasteiger partial charge is 0.390 e. The first-order valence-electron chi connectivity index (χ1n) is 8.88. The Hall–Kier alpha value is -2.39. The van der Waals surface area contributed by atoms with Crippen LogP contribution in [0, 0.1) is 0 Å². The number of nitrogen functional groups attached to an aromatic ring is 1. The third-order valence-corrected chi connectivity index (χ3v) is 6.60. The molecule has 2 aliphatic carbocycles. The summed E-state index contributed by atoms with van der Waals surface area (Å²) in [6, 6.07) is 14.6. The highest BCUT2D eigenvalue weighted by Gasteiger charge is 2.26. The standard InChI is InChI=1S/C22H19NOS/c23-22-20(18-7-3-4-8-19(18)25-22)21(24)14-9-10-17-15(12-14)11-13-5-1-2-6-16(13)17/h1-2,5-6,9-10,12H,3-4,7-8,11,23H2. The summed E-state index contributed by atoms with van der Waals surface area (Å²) < 4.78 is 0. The Morgan fingerprint density at radius 1 is 0.960 bits per heavy atom. The van der Waals surface area contributed by atoms with Crippen molar-refractivity contribution >= 4 is 22.1 Å². The molecule has 0 spiro atoms. The van der Waals surface area contributed by atoms with Crippen molar-refractivity contribution in [1.82, 2.24) is 0 Å². The van der Waals surface area contributed by atoms with Crippen LogP contribution in [-0.4, -0.2) is 5.78 Å². The molecule has 0 saturated carbocycles. The van der Waals surface area contributed by atoms with Crippen LogP contribution in [0.1, 0.15) is 50.3 Å². The lowest BCUT2D eigenvalue weighted by atomic mass is 9.91. The second kappa shape index (κ2) is 5.57. The fourth-order valence-electron chi connectivity index (χ4n) is 4.27. The van der Waals surface area contributed by atoms with Crippen LogP contribution in [0.4, 0.5) is 5.00 Å². The number of carbonyl (C=O) groups excluding carboxylic acids is 1. The Balaban J connectivity index is 1.56. The third kappa shape index (κ3) is 2.26. The van der Waals surface area contributed by atoms with Gasteiger partial charge in [0.1, 0.15) is 0 Å². The van der Waals surface area contributed by atoms with E-state index in [1.807, 2.05) is 6.07 Å². The lowest BCUT2D eigenvalue weighted by molar-refractivity contribution is 0.103. The predicted molar refractivity (Wildman–Crippen MR) is 103 cm³/mol. The van der Waals surface area contributed by atoms with E-state index in [-0.39, 0.29) is 5.78 Å². The van der Waals surface area contributed by atoms with Gasteiger partial charge in [-0.25, -0.2) is 0 Å².